The van der Waals surface area contributed by atoms with E-state index in [9.17, 15) is 0 Å². The molecule has 0 aromatic rings. The molecule has 3 unspecified atom stereocenters. The van der Waals surface area contributed by atoms with Crippen LogP contribution in [0.5, 0.6) is 0 Å². The van der Waals surface area contributed by atoms with E-state index in [4.69, 9.17) is 0 Å². The summed E-state index contributed by atoms with van der Waals surface area (Å²) in [6.45, 7) is 14.3. The minimum Gasteiger partial charge on any atom is -0.0654 e. The molecule has 0 fully saturated rings. The molecule has 0 bridgehead atoms. The first-order valence-electron chi connectivity index (χ1n) is 9.01. The molecule has 0 saturated carbocycles. The summed E-state index contributed by atoms with van der Waals surface area (Å²) in [4.78, 5) is 0. The Morgan fingerprint density at radius 3 is 2.00 bits per heavy atom. The standard InChI is InChI=1S/C19H40/c1-7-15-19(6,10-4)16-11-12-18(9-3)14-13-17(5)8-2/h17-18H,7-16H2,1-6H3. The average Bonchev–Trinajstić information content (AvgIpc) is 2.42. The molecular formula is C19H40. The van der Waals surface area contributed by atoms with E-state index < -0.39 is 0 Å². The molecule has 0 amide bonds. The molecule has 0 saturated heterocycles. The summed E-state index contributed by atoms with van der Waals surface area (Å²) in [6, 6.07) is 0. The topological polar surface area (TPSA) is 0 Å². The Morgan fingerprint density at radius 1 is 0.842 bits per heavy atom. The summed E-state index contributed by atoms with van der Waals surface area (Å²) in [6.07, 6.45) is 14.1. The van der Waals surface area contributed by atoms with Crippen molar-refractivity contribution >= 4 is 0 Å². The molecule has 0 N–H and O–H groups in total. The predicted molar refractivity (Wildman–Crippen MR) is 89.6 cm³/mol. The van der Waals surface area contributed by atoms with Crippen LogP contribution in [0.1, 0.15) is 106 Å². The van der Waals surface area contributed by atoms with Crippen LogP contribution in [0.25, 0.3) is 0 Å². The van der Waals surface area contributed by atoms with Gasteiger partial charge in [0.1, 0.15) is 0 Å². The predicted octanol–water partition coefficient (Wildman–Crippen LogP) is 7.23. The minimum atomic E-state index is 0.615. The van der Waals surface area contributed by atoms with Gasteiger partial charge in [0.05, 0.1) is 0 Å². The van der Waals surface area contributed by atoms with Crippen molar-refractivity contribution in [1.29, 1.82) is 0 Å². The summed E-state index contributed by atoms with van der Waals surface area (Å²) in [5.41, 5.74) is 0.615. The zero-order valence-electron chi connectivity index (χ0n) is 14.7. The minimum absolute atomic E-state index is 0.615. The van der Waals surface area contributed by atoms with Gasteiger partial charge >= 0.3 is 0 Å². The van der Waals surface area contributed by atoms with Crippen molar-refractivity contribution in [3.05, 3.63) is 0 Å². The molecule has 0 aliphatic heterocycles. The third-order valence-electron chi connectivity index (χ3n) is 5.44. The monoisotopic (exact) mass is 268 g/mol. The fourth-order valence-corrected chi connectivity index (χ4v) is 3.18. The molecule has 0 nitrogen and oxygen atoms in total. The average molecular weight is 269 g/mol. The molecule has 3 atom stereocenters. The highest BCUT2D eigenvalue weighted by atomic mass is 14.3. The van der Waals surface area contributed by atoms with Crippen molar-refractivity contribution in [1.82, 2.24) is 0 Å². The Kier molecular flexibility index (Phi) is 10.7. The number of rotatable bonds is 12. The molecule has 0 heteroatoms. The van der Waals surface area contributed by atoms with Gasteiger partial charge in [-0.25, -0.2) is 0 Å². The molecule has 0 radical (unpaired) electrons. The normalized spacial score (nSPS) is 18.0. The molecule has 0 aromatic carbocycles. The molecule has 0 aromatic heterocycles. The zero-order valence-corrected chi connectivity index (χ0v) is 14.7. The van der Waals surface area contributed by atoms with E-state index in [0.717, 1.165) is 11.8 Å². The Balaban J connectivity index is 3.93. The van der Waals surface area contributed by atoms with E-state index in [2.05, 4.69) is 41.5 Å². The molecule has 0 spiro atoms. The SMILES string of the molecule is CCCC(C)(CC)CCCC(CC)CCC(C)CC. The molecule has 116 valence electrons. The Hall–Kier alpha value is 0. The molecule has 0 aliphatic carbocycles. The number of hydrogen-bond acceptors (Lipinski definition) is 0. The van der Waals surface area contributed by atoms with Gasteiger partial charge in [0.25, 0.3) is 0 Å². The maximum absolute atomic E-state index is 2.50. The van der Waals surface area contributed by atoms with Crippen molar-refractivity contribution in [2.24, 2.45) is 17.3 Å². The van der Waals surface area contributed by atoms with Crippen LogP contribution in [-0.4, -0.2) is 0 Å². The van der Waals surface area contributed by atoms with Crippen LogP contribution in [0.4, 0.5) is 0 Å². The van der Waals surface area contributed by atoms with E-state index in [1.165, 1.54) is 64.2 Å². The molecule has 19 heavy (non-hydrogen) atoms. The second-order valence-electron chi connectivity index (χ2n) is 7.17. The van der Waals surface area contributed by atoms with E-state index in [-0.39, 0.29) is 0 Å². The van der Waals surface area contributed by atoms with Crippen molar-refractivity contribution < 1.29 is 0 Å². The van der Waals surface area contributed by atoms with Gasteiger partial charge in [0.2, 0.25) is 0 Å². The van der Waals surface area contributed by atoms with E-state index in [0.29, 0.717) is 5.41 Å². The Labute approximate surface area is 123 Å². The second kappa shape index (κ2) is 10.7. The first kappa shape index (κ1) is 19.0. The summed E-state index contributed by atoms with van der Waals surface area (Å²) < 4.78 is 0. The second-order valence-corrected chi connectivity index (χ2v) is 7.17. The summed E-state index contributed by atoms with van der Waals surface area (Å²) >= 11 is 0. The zero-order chi connectivity index (χ0) is 14.7. The highest BCUT2D eigenvalue weighted by molar-refractivity contribution is 4.73. The van der Waals surface area contributed by atoms with Crippen molar-refractivity contribution in [2.75, 3.05) is 0 Å². The van der Waals surface area contributed by atoms with Crippen molar-refractivity contribution in [3.63, 3.8) is 0 Å². The third kappa shape index (κ3) is 8.71. The van der Waals surface area contributed by atoms with Crippen LogP contribution >= 0.6 is 0 Å². The van der Waals surface area contributed by atoms with Gasteiger partial charge in [-0.1, -0.05) is 92.9 Å². The van der Waals surface area contributed by atoms with Gasteiger partial charge in [0, 0.05) is 0 Å². The van der Waals surface area contributed by atoms with Crippen LogP contribution in [0.2, 0.25) is 0 Å². The van der Waals surface area contributed by atoms with Crippen molar-refractivity contribution in [3.8, 4) is 0 Å². The van der Waals surface area contributed by atoms with E-state index in [1.807, 2.05) is 0 Å². The first-order chi connectivity index (χ1) is 9.01. The molecule has 0 rings (SSSR count). The summed E-state index contributed by atoms with van der Waals surface area (Å²) in [5, 5.41) is 0. The van der Waals surface area contributed by atoms with E-state index in [1.54, 1.807) is 0 Å². The maximum atomic E-state index is 2.50. The third-order valence-corrected chi connectivity index (χ3v) is 5.44. The van der Waals surface area contributed by atoms with Gasteiger partial charge in [-0.2, -0.15) is 0 Å². The largest absolute Gasteiger partial charge is 0.0654 e. The lowest BCUT2D eigenvalue weighted by atomic mass is 9.77. The van der Waals surface area contributed by atoms with Gasteiger partial charge in [-0.05, 0) is 30.1 Å². The molecule has 0 aliphatic rings. The Bertz CT molecular complexity index is 196. The summed E-state index contributed by atoms with van der Waals surface area (Å²) in [5.74, 6) is 1.91. The summed E-state index contributed by atoms with van der Waals surface area (Å²) in [7, 11) is 0. The molecular weight excluding hydrogens is 228 g/mol. The quantitative estimate of drug-likeness (QED) is 0.350. The lowest BCUT2D eigenvalue weighted by molar-refractivity contribution is 0.237. The lowest BCUT2D eigenvalue weighted by Gasteiger charge is -2.28. The van der Waals surface area contributed by atoms with Crippen LogP contribution in [0, 0.1) is 17.3 Å². The van der Waals surface area contributed by atoms with Crippen molar-refractivity contribution in [2.45, 2.75) is 106 Å². The lowest BCUT2D eigenvalue weighted by Crippen LogP contribution is -2.15. The Morgan fingerprint density at radius 2 is 1.53 bits per heavy atom. The number of hydrogen-bond donors (Lipinski definition) is 0. The smallest absolute Gasteiger partial charge is 0.0329 e. The first-order valence-corrected chi connectivity index (χ1v) is 9.01. The van der Waals surface area contributed by atoms with Gasteiger partial charge in [0.15, 0.2) is 0 Å². The van der Waals surface area contributed by atoms with Gasteiger partial charge in [-0.15, -0.1) is 0 Å². The van der Waals surface area contributed by atoms with Crippen LogP contribution < -0.4 is 0 Å². The van der Waals surface area contributed by atoms with Gasteiger partial charge < -0.3 is 0 Å². The van der Waals surface area contributed by atoms with Crippen LogP contribution in [-0.2, 0) is 0 Å². The maximum Gasteiger partial charge on any atom is -0.0329 e. The van der Waals surface area contributed by atoms with Crippen LogP contribution in [0.3, 0.4) is 0 Å². The van der Waals surface area contributed by atoms with Gasteiger partial charge in [-0.3, -0.25) is 0 Å². The fraction of sp³-hybridized carbons (Fsp3) is 1.00. The highest BCUT2D eigenvalue weighted by Gasteiger charge is 2.20. The van der Waals surface area contributed by atoms with Crippen LogP contribution in [0.15, 0.2) is 0 Å². The highest BCUT2D eigenvalue weighted by Crippen LogP contribution is 2.34. The molecule has 0 heterocycles. The van der Waals surface area contributed by atoms with E-state index >= 15 is 0 Å². The fourth-order valence-electron chi connectivity index (χ4n) is 3.18.